The Bertz CT molecular complexity index is 631. The van der Waals surface area contributed by atoms with Crippen LogP contribution in [0, 0.1) is 0 Å². The highest BCUT2D eigenvalue weighted by molar-refractivity contribution is 7.99. The van der Waals surface area contributed by atoms with E-state index in [2.05, 4.69) is 6.92 Å². The number of hydrogen-bond donors (Lipinski definition) is 1. The van der Waals surface area contributed by atoms with Crippen LogP contribution in [-0.2, 0) is 0 Å². The third-order valence-corrected chi connectivity index (χ3v) is 4.11. The highest BCUT2D eigenvalue weighted by Gasteiger charge is 2.11. The van der Waals surface area contributed by atoms with E-state index in [4.69, 9.17) is 5.11 Å². The van der Waals surface area contributed by atoms with Crippen molar-refractivity contribution in [2.24, 2.45) is 0 Å². The SMILES string of the molecule is CCSc1ccc2c(=O)c(C(=O)O)csc2c1. The molecule has 2 aromatic rings. The molecule has 0 radical (unpaired) electrons. The van der Waals surface area contributed by atoms with Crippen molar-refractivity contribution in [3.8, 4) is 0 Å². The molecule has 0 atom stereocenters. The number of carboxylic acids is 1. The summed E-state index contributed by atoms with van der Waals surface area (Å²) in [7, 11) is 0. The Morgan fingerprint density at radius 1 is 1.47 bits per heavy atom. The summed E-state index contributed by atoms with van der Waals surface area (Å²) in [5.41, 5.74) is -0.558. The highest BCUT2D eigenvalue weighted by atomic mass is 32.2. The zero-order valence-corrected chi connectivity index (χ0v) is 10.7. The molecule has 0 saturated heterocycles. The van der Waals surface area contributed by atoms with E-state index in [1.54, 1.807) is 17.8 Å². The number of carbonyl (C=O) groups is 1. The lowest BCUT2D eigenvalue weighted by molar-refractivity contribution is 0.0696. The van der Waals surface area contributed by atoms with Crippen molar-refractivity contribution in [2.75, 3.05) is 5.75 Å². The lowest BCUT2D eigenvalue weighted by Gasteiger charge is -2.01. The Kier molecular flexibility index (Phi) is 3.49. The first-order valence-electron chi connectivity index (χ1n) is 5.05. The Morgan fingerprint density at radius 2 is 2.24 bits per heavy atom. The van der Waals surface area contributed by atoms with Crippen molar-refractivity contribution in [1.29, 1.82) is 0 Å². The topological polar surface area (TPSA) is 54.4 Å². The van der Waals surface area contributed by atoms with Crippen LogP contribution in [0.15, 0.2) is 33.3 Å². The molecule has 1 aromatic heterocycles. The third kappa shape index (κ3) is 2.35. The van der Waals surface area contributed by atoms with Gasteiger partial charge in [-0.15, -0.1) is 23.1 Å². The maximum Gasteiger partial charge on any atom is 0.340 e. The molecular weight excluding hydrogens is 256 g/mol. The lowest BCUT2D eigenvalue weighted by atomic mass is 10.2. The number of thioether (sulfide) groups is 1. The van der Waals surface area contributed by atoms with Crippen molar-refractivity contribution in [3.05, 3.63) is 39.4 Å². The molecule has 0 bridgehead atoms. The van der Waals surface area contributed by atoms with Gasteiger partial charge in [-0.1, -0.05) is 6.92 Å². The van der Waals surface area contributed by atoms with Gasteiger partial charge in [0.25, 0.3) is 0 Å². The van der Waals surface area contributed by atoms with Crippen LogP contribution in [-0.4, -0.2) is 16.8 Å². The molecule has 0 spiro atoms. The molecule has 1 N–H and O–H groups in total. The molecule has 3 nitrogen and oxygen atoms in total. The number of rotatable bonds is 3. The van der Waals surface area contributed by atoms with Crippen molar-refractivity contribution in [3.63, 3.8) is 0 Å². The molecular formula is C12H10O3S2. The van der Waals surface area contributed by atoms with Gasteiger partial charge in [0.2, 0.25) is 5.43 Å². The number of aromatic carboxylic acids is 1. The average Bonchev–Trinajstić information content (AvgIpc) is 2.29. The Labute approximate surface area is 106 Å². The molecule has 1 heterocycles. The van der Waals surface area contributed by atoms with E-state index >= 15 is 0 Å². The van der Waals surface area contributed by atoms with Gasteiger partial charge in [0.1, 0.15) is 5.56 Å². The molecule has 1 aromatic carbocycles. The molecule has 2 rings (SSSR count). The van der Waals surface area contributed by atoms with Crippen molar-refractivity contribution < 1.29 is 9.90 Å². The summed E-state index contributed by atoms with van der Waals surface area (Å²) in [6.07, 6.45) is 0. The number of hydrogen-bond acceptors (Lipinski definition) is 4. The second-order valence-corrected chi connectivity index (χ2v) is 5.62. The van der Waals surface area contributed by atoms with E-state index in [9.17, 15) is 9.59 Å². The minimum Gasteiger partial charge on any atom is -0.478 e. The van der Waals surface area contributed by atoms with Gasteiger partial charge in [-0.05, 0) is 24.0 Å². The molecule has 0 aliphatic heterocycles. The second kappa shape index (κ2) is 4.89. The van der Waals surface area contributed by atoms with Gasteiger partial charge >= 0.3 is 5.97 Å². The monoisotopic (exact) mass is 266 g/mol. The Hall–Kier alpha value is -1.33. The minimum absolute atomic E-state index is 0.154. The van der Waals surface area contributed by atoms with Crippen molar-refractivity contribution in [1.82, 2.24) is 0 Å². The van der Waals surface area contributed by atoms with Crippen LogP contribution >= 0.6 is 23.1 Å². The normalized spacial score (nSPS) is 10.6. The fourth-order valence-electron chi connectivity index (χ4n) is 1.51. The van der Waals surface area contributed by atoms with Gasteiger partial charge in [0, 0.05) is 20.4 Å². The summed E-state index contributed by atoms with van der Waals surface area (Å²) < 4.78 is 0.832. The van der Waals surface area contributed by atoms with E-state index < -0.39 is 11.4 Å². The van der Waals surface area contributed by atoms with Crippen LogP contribution in [0.5, 0.6) is 0 Å². The van der Waals surface area contributed by atoms with Gasteiger partial charge in [-0.2, -0.15) is 0 Å². The minimum atomic E-state index is -1.17. The fourth-order valence-corrected chi connectivity index (χ4v) is 3.22. The zero-order valence-electron chi connectivity index (χ0n) is 9.10. The second-order valence-electron chi connectivity index (χ2n) is 3.37. The maximum absolute atomic E-state index is 11.9. The average molecular weight is 266 g/mol. The number of benzene rings is 1. The first-order valence-corrected chi connectivity index (χ1v) is 6.91. The first-order chi connectivity index (χ1) is 8.13. The Morgan fingerprint density at radius 3 is 2.88 bits per heavy atom. The molecule has 17 heavy (non-hydrogen) atoms. The quantitative estimate of drug-likeness (QED) is 0.867. The van der Waals surface area contributed by atoms with E-state index in [-0.39, 0.29) is 5.56 Å². The Balaban J connectivity index is 2.64. The van der Waals surface area contributed by atoms with Crippen LogP contribution in [0.4, 0.5) is 0 Å². The number of fused-ring (bicyclic) bond motifs is 1. The van der Waals surface area contributed by atoms with Crippen LogP contribution in [0.25, 0.3) is 10.1 Å². The van der Waals surface area contributed by atoms with Crippen LogP contribution in [0.1, 0.15) is 17.3 Å². The summed E-state index contributed by atoms with van der Waals surface area (Å²) >= 11 is 2.99. The molecule has 0 aliphatic carbocycles. The van der Waals surface area contributed by atoms with Crippen molar-refractivity contribution >= 4 is 39.2 Å². The molecule has 0 unspecified atom stereocenters. The molecule has 88 valence electrons. The molecule has 0 saturated carbocycles. The lowest BCUT2D eigenvalue weighted by Crippen LogP contribution is -2.13. The summed E-state index contributed by atoms with van der Waals surface area (Å²) in [5.74, 6) is -0.201. The van der Waals surface area contributed by atoms with Crippen molar-refractivity contribution in [2.45, 2.75) is 11.8 Å². The zero-order chi connectivity index (χ0) is 12.4. The van der Waals surface area contributed by atoms with Crippen LogP contribution in [0.3, 0.4) is 0 Å². The predicted octanol–water partition coefficient (Wildman–Crippen LogP) is 3.07. The fraction of sp³-hybridized carbons (Fsp3) is 0.167. The summed E-state index contributed by atoms with van der Waals surface area (Å²) in [5, 5.41) is 10.8. The molecule has 5 heteroatoms. The van der Waals surface area contributed by atoms with Gasteiger partial charge < -0.3 is 5.11 Å². The third-order valence-electron chi connectivity index (χ3n) is 2.29. The largest absolute Gasteiger partial charge is 0.478 e. The first kappa shape index (κ1) is 12.1. The summed E-state index contributed by atoms with van der Waals surface area (Å²) in [4.78, 5) is 23.8. The highest BCUT2D eigenvalue weighted by Crippen LogP contribution is 2.24. The van der Waals surface area contributed by atoms with Gasteiger partial charge in [0.05, 0.1) is 0 Å². The van der Waals surface area contributed by atoms with E-state index in [1.165, 1.54) is 16.7 Å². The van der Waals surface area contributed by atoms with Crippen LogP contribution in [0.2, 0.25) is 0 Å². The predicted molar refractivity (Wildman–Crippen MR) is 71.5 cm³/mol. The van der Waals surface area contributed by atoms with Gasteiger partial charge in [0.15, 0.2) is 0 Å². The van der Waals surface area contributed by atoms with Gasteiger partial charge in [-0.25, -0.2) is 4.79 Å². The standard InChI is InChI=1S/C12H10O3S2/c1-2-16-7-3-4-8-10(5-7)17-6-9(11(8)13)12(14)15/h3-6H,2H2,1H3,(H,14,15). The summed E-state index contributed by atoms with van der Waals surface area (Å²) in [6.45, 7) is 2.06. The molecule has 0 amide bonds. The van der Waals surface area contributed by atoms with E-state index in [0.29, 0.717) is 5.39 Å². The van der Waals surface area contributed by atoms with E-state index in [1.807, 2.05) is 12.1 Å². The van der Waals surface area contributed by atoms with E-state index in [0.717, 1.165) is 15.3 Å². The van der Waals surface area contributed by atoms with Crippen LogP contribution < -0.4 is 5.43 Å². The smallest absolute Gasteiger partial charge is 0.340 e. The molecule has 0 fully saturated rings. The number of carboxylic acid groups (broad SMARTS) is 1. The maximum atomic E-state index is 11.9. The summed E-state index contributed by atoms with van der Waals surface area (Å²) in [6, 6.07) is 5.50. The van der Waals surface area contributed by atoms with Gasteiger partial charge in [-0.3, -0.25) is 4.79 Å². The molecule has 0 aliphatic rings.